The summed E-state index contributed by atoms with van der Waals surface area (Å²) in [6, 6.07) is 21.8. The number of methoxy groups -OCH3 is 1. The summed E-state index contributed by atoms with van der Waals surface area (Å²) >= 11 is 1.45. The molecule has 0 aliphatic carbocycles. The van der Waals surface area contributed by atoms with Gasteiger partial charge in [-0.05, 0) is 59.5 Å². The van der Waals surface area contributed by atoms with Gasteiger partial charge >= 0.3 is 0 Å². The lowest BCUT2D eigenvalue weighted by Crippen LogP contribution is -2.02. The normalized spacial score (nSPS) is 12.0. The van der Waals surface area contributed by atoms with Gasteiger partial charge in [-0.3, -0.25) is 0 Å². The molecule has 1 nitrogen and oxygen atoms in total. The maximum absolute atomic E-state index is 12.9. The number of rotatable bonds is 7. The van der Waals surface area contributed by atoms with Crippen molar-refractivity contribution in [2.75, 3.05) is 7.11 Å². The van der Waals surface area contributed by atoms with Gasteiger partial charge in [0, 0.05) is 10.1 Å². The largest absolute Gasteiger partial charge is 0.497 e. The fourth-order valence-electron chi connectivity index (χ4n) is 2.95. The van der Waals surface area contributed by atoms with Crippen molar-refractivity contribution in [2.24, 2.45) is 0 Å². The molecule has 0 amide bonds. The zero-order chi connectivity index (χ0) is 18.4. The van der Waals surface area contributed by atoms with Crippen molar-refractivity contribution in [3.05, 3.63) is 84.5 Å². The minimum Gasteiger partial charge on any atom is -0.497 e. The first-order chi connectivity index (χ1) is 12.7. The van der Waals surface area contributed by atoms with E-state index in [0.717, 1.165) is 23.1 Å². The average Bonchev–Trinajstić information content (AvgIpc) is 2.66. The van der Waals surface area contributed by atoms with Crippen LogP contribution in [0.1, 0.15) is 12.0 Å². The maximum atomic E-state index is 12.9. The highest BCUT2D eigenvalue weighted by Gasteiger charge is 2.12. The molecule has 0 heterocycles. The number of hydrogen-bond donors (Lipinski definition) is 0. The van der Waals surface area contributed by atoms with Crippen molar-refractivity contribution in [1.82, 2.24) is 0 Å². The first-order valence-electron chi connectivity index (χ1n) is 8.46. The van der Waals surface area contributed by atoms with Crippen LogP contribution in [0.4, 0.5) is 8.78 Å². The standard InChI is InChI=1S/C22H20F2OS/c1-25-18-10-13-19(14-11-18)26-20(15-22(23)24)12-9-17-7-4-6-16-5-2-3-8-21(16)17/h2-8,10-11,13-15,20H,9,12H2,1H3/t20-/m1/s1. The molecule has 0 aliphatic heterocycles. The van der Waals surface area contributed by atoms with Gasteiger partial charge in [-0.15, -0.1) is 11.8 Å². The van der Waals surface area contributed by atoms with Crippen LogP contribution in [0, 0.1) is 0 Å². The fourth-order valence-corrected chi connectivity index (χ4v) is 4.00. The van der Waals surface area contributed by atoms with Crippen molar-refractivity contribution in [2.45, 2.75) is 23.0 Å². The highest BCUT2D eigenvalue weighted by atomic mass is 32.2. The number of fused-ring (bicyclic) bond motifs is 1. The van der Waals surface area contributed by atoms with Crippen LogP contribution in [-0.4, -0.2) is 12.4 Å². The first kappa shape index (κ1) is 18.5. The van der Waals surface area contributed by atoms with E-state index >= 15 is 0 Å². The van der Waals surface area contributed by atoms with Gasteiger partial charge < -0.3 is 4.74 Å². The van der Waals surface area contributed by atoms with E-state index in [0.29, 0.717) is 6.42 Å². The second-order valence-electron chi connectivity index (χ2n) is 5.97. The summed E-state index contributed by atoms with van der Waals surface area (Å²) in [6.45, 7) is 0. The predicted octanol–water partition coefficient (Wildman–Crippen LogP) is 6.72. The molecule has 0 saturated carbocycles. The summed E-state index contributed by atoms with van der Waals surface area (Å²) in [5, 5.41) is 2.08. The van der Waals surface area contributed by atoms with Crippen molar-refractivity contribution < 1.29 is 13.5 Å². The summed E-state index contributed by atoms with van der Waals surface area (Å²) < 4.78 is 31.0. The smallest absolute Gasteiger partial charge is 0.267 e. The number of thioether (sulfide) groups is 1. The lowest BCUT2D eigenvalue weighted by molar-refractivity contribution is 0.414. The SMILES string of the molecule is COc1ccc(S[C@@H](C=C(F)F)CCc2cccc3ccccc23)cc1. The highest BCUT2D eigenvalue weighted by molar-refractivity contribution is 8.00. The zero-order valence-corrected chi connectivity index (χ0v) is 15.3. The van der Waals surface area contributed by atoms with Crippen LogP contribution in [0.15, 0.2) is 83.8 Å². The first-order valence-corrected chi connectivity index (χ1v) is 9.34. The molecular weight excluding hydrogens is 350 g/mol. The van der Waals surface area contributed by atoms with E-state index in [1.54, 1.807) is 7.11 Å². The minimum atomic E-state index is -1.63. The van der Waals surface area contributed by atoms with E-state index in [2.05, 4.69) is 24.3 Å². The van der Waals surface area contributed by atoms with Gasteiger partial charge in [0.05, 0.1) is 7.11 Å². The molecule has 3 aromatic carbocycles. The molecule has 0 saturated heterocycles. The second kappa shape index (κ2) is 8.86. The highest BCUT2D eigenvalue weighted by Crippen LogP contribution is 2.31. The molecule has 0 radical (unpaired) electrons. The van der Waals surface area contributed by atoms with Gasteiger partial charge in [-0.1, -0.05) is 42.5 Å². The molecule has 134 valence electrons. The minimum absolute atomic E-state index is 0.285. The quantitative estimate of drug-likeness (QED) is 0.427. The van der Waals surface area contributed by atoms with Crippen LogP contribution in [-0.2, 0) is 6.42 Å². The Labute approximate surface area is 156 Å². The third-order valence-corrected chi connectivity index (χ3v) is 5.46. The molecule has 0 spiro atoms. The summed E-state index contributed by atoms with van der Waals surface area (Å²) in [5.41, 5.74) is 1.19. The number of halogens is 2. The van der Waals surface area contributed by atoms with Crippen molar-refractivity contribution in [3.8, 4) is 5.75 Å². The number of aryl methyl sites for hydroxylation is 1. The summed E-state index contributed by atoms with van der Waals surface area (Å²) in [7, 11) is 1.61. The molecular formula is C22H20F2OS. The Hall–Kier alpha value is -2.33. The lowest BCUT2D eigenvalue weighted by Gasteiger charge is -2.14. The van der Waals surface area contributed by atoms with Crippen LogP contribution >= 0.6 is 11.8 Å². The molecule has 3 aromatic rings. The molecule has 0 aromatic heterocycles. The van der Waals surface area contributed by atoms with Crippen LogP contribution in [0.25, 0.3) is 10.8 Å². The van der Waals surface area contributed by atoms with Gasteiger partial charge in [-0.25, -0.2) is 0 Å². The Morgan fingerprint density at radius 1 is 1.00 bits per heavy atom. The van der Waals surface area contributed by atoms with E-state index in [1.165, 1.54) is 28.1 Å². The second-order valence-corrected chi connectivity index (χ2v) is 7.28. The number of benzene rings is 3. The van der Waals surface area contributed by atoms with Gasteiger partial charge in [0.25, 0.3) is 6.08 Å². The summed E-state index contributed by atoms with van der Waals surface area (Å²) in [5.74, 6) is 0.758. The van der Waals surface area contributed by atoms with Gasteiger partial charge in [0.1, 0.15) is 5.75 Å². The van der Waals surface area contributed by atoms with Crippen LogP contribution in [0.2, 0.25) is 0 Å². The Kier molecular flexibility index (Phi) is 6.29. The summed E-state index contributed by atoms with van der Waals surface area (Å²) in [4.78, 5) is 0.950. The predicted molar refractivity (Wildman–Crippen MR) is 105 cm³/mol. The zero-order valence-electron chi connectivity index (χ0n) is 14.5. The Bertz CT molecular complexity index is 881. The Morgan fingerprint density at radius 3 is 2.46 bits per heavy atom. The molecule has 4 heteroatoms. The monoisotopic (exact) mass is 370 g/mol. The van der Waals surface area contributed by atoms with Gasteiger partial charge in [0.15, 0.2) is 0 Å². The van der Waals surface area contributed by atoms with E-state index in [4.69, 9.17) is 4.74 Å². The molecule has 3 rings (SSSR count). The molecule has 0 bridgehead atoms. The van der Waals surface area contributed by atoms with Crippen LogP contribution in [0.5, 0.6) is 5.75 Å². The van der Waals surface area contributed by atoms with E-state index in [1.807, 2.05) is 42.5 Å². The van der Waals surface area contributed by atoms with Gasteiger partial charge in [-0.2, -0.15) is 8.78 Å². The van der Waals surface area contributed by atoms with E-state index in [9.17, 15) is 8.78 Å². The molecule has 0 unspecified atom stereocenters. The number of ether oxygens (including phenoxy) is 1. The van der Waals surface area contributed by atoms with Crippen LogP contribution < -0.4 is 4.74 Å². The van der Waals surface area contributed by atoms with Crippen molar-refractivity contribution in [3.63, 3.8) is 0 Å². The van der Waals surface area contributed by atoms with Crippen molar-refractivity contribution in [1.29, 1.82) is 0 Å². The maximum Gasteiger partial charge on any atom is 0.267 e. The van der Waals surface area contributed by atoms with Crippen LogP contribution in [0.3, 0.4) is 0 Å². The lowest BCUT2D eigenvalue weighted by atomic mass is 10.00. The third-order valence-electron chi connectivity index (χ3n) is 4.24. The Morgan fingerprint density at radius 2 is 1.73 bits per heavy atom. The molecule has 0 N–H and O–H groups in total. The number of hydrogen-bond acceptors (Lipinski definition) is 2. The third kappa shape index (κ3) is 4.85. The van der Waals surface area contributed by atoms with Crippen molar-refractivity contribution >= 4 is 22.5 Å². The van der Waals surface area contributed by atoms with E-state index in [-0.39, 0.29) is 5.25 Å². The molecule has 0 fully saturated rings. The molecule has 1 atom stereocenters. The Balaban J connectivity index is 1.74. The summed E-state index contributed by atoms with van der Waals surface area (Å²) in [6.07, 6.45) is 0.815. The van der Waals surface area contributed by atoms with Gasteiger partial charge in [0.2, 0.25) is 0 Å². The molecule has 0 aliphatic rings. The average molecular weight is 370 g/mol. The topological polar surface area (TPSA) is 9.23 Å². The molecule has 26 heavy (non-hydrogen) atoms. The van der Waals surface area contributed by atoms with E-state index < -0.39 is 6.08 Å². The fraction of sp³-hybridized carbons (Fsp3) is 0.182.